The van der Waals surface area contributed by atoms with E-state index in [1.54, 1.807) is 0 Å². The van der Waals surface area contributed by atoms with Crippen LogP contribution in [0.4, 0.5) is 0 Å². The van der Waals surface area contributed by atoms with Crippen molar-refractivity contribution in [2.45, 2.75) is 26.7 Å². The number of aliphatic hydroxyl groups excluding tert-OH is 1. The third kappa shape index (κ3) is 3.85. The highest BCUT2D eigenvalue weighted by Crippen LogP contribution is 2.25. The molecule has 4 nitrogen and oxygen atoms in total. The summed E-state index contributed by atoms with van der Waals surface area (Å²) >= 11 is 5.80. The average molecular weight is 286 g/mol. The number of amides is 1. The van der Waals surface area contributed by atoms with Crippen LogP contribution in [0, 0.1) is 5.41 Å². The molecule has 0 aliphatic carbocycles. The number of hydrogen-bond acceptors (Lipinski definition) is 3. The molecule has 3 N–H and O–H groups in total. The lowest BCUT2D eigenvalue weighted by molar-refractivity contribution is 0.0849. The molecule has 0 atom stereocenters. The molecule has 0 aliphatic heterocycles. The number of carbonyl (C=O) groups excluding carboxylic acids is 1. The minimum atomic E-state index is -0.389. The lowest BCUT2D eigenvalue weighted by Gasteiger charge is -2.29. The second-order valence-electron chi connectivity index (χ2n) is 4.71. The van der Waals surface area contributed by atoms with Crippen LogP contribution >= 0.6 is 11.6 Å². The molecule has 0 spiro atoms. The van der Waals surface area contributed by atoms with Crippen molar-refractivity contribution in [3.8, 4) is 5.75 Å². The SMILES string of the molecule is CCC(CC)(CO)CNC(=O)c1cc(Cl)ccc1O. The van der Waals surface area contributed by atoms with E-state index in [1.807, 2.05) is 13.8 Å². The Balaban J connectivity index is 2.77. The van der Waals surface area contributed by atoms with Gasteiger partial charge in [0.05, 0.1) is 12.2 Å². The van der Waals surface area contributed by atoms with Gasteiger partial charge in [-0.15, -0.1) is 0 Å². The molecule has 0 saturated heterocycles. The molecule has 0 bridgehead atoms. The molecule has 0 radical (unpaired) electrons. The van der Waals surface area contributed by atoms with Crippen LogP contribution in [0.15, 0.2) is 18.2 Å². The van der Waals surface area contributed by atoms with Crippen LogP contribution in [0.5, 0.6) is 5.75 Å². The number of phenolic OH excluding ortho intramolecular Hbond substituents is 1. The maximum Gasteiger partial charge on any atom is 0.255 e. The number of hydrogen-bond donors (Lipinski definition) is 3. The Morgan fingerprint density at radius 1 is 1.37 bits per heavy atom. The van der Waals surface area contributed by atoms with Crippen LogP contribution in [-0.4, -0.2) is 29.3 Å². The van der Waals surface area contributed by atoms with Crippen molar-refractivity contribution < 1.29 is 15.0 Å². The number of aromatic hydroxyl groups is 1. The normalized spacial score (nSPS) is 11.4. The quantitative estimate of drug-likeness (QED) is 0.752. The van der Waals surface area contributed by atoms with Crippen molar-refractivity contribution in [2.75, 3.05) is 13.2 Å². The second-order valence-corrected chi connectivity index (χ2v) is 5.15. The Morgan fingerprint density at radius 2 is 2.00 bits per heavy atom. The van der Waals surface area contributed by atoms with E-state index >= 15 is 0 Å². The first-order valence-corrected chi connectivity index (χ1v) is 6.73. The zero-order valence-electron chi connectivity index (χ0n) is 11.2. The molecule has 0 unspecified atom stereocenters. The van der Waals surface area contributed by atoms with Crippen LogP contribution < -0.4 is 5.32 Å². The van der Waals surface area contributed by atoms with E-state index in [4.69, 9.17) is 11.6 Å². The Kier molecular flexibility index (Phi) is 5.63. The fourth-order valence-corrected chi connectivity index (χ4v) is 2.00. The summed E-state index contributed by atoms with van der Waals surface area (Å²) in [6, 6.07) is 4.32. The third-order valence-corrected chi connectivity index (χ3v) is 3.90. The van der Waals surface area contributed by atoms with Crippen molar-refractivity contribution in [1.82, 2.24) is 5.32 Å². The average Bonchev–Trinajstić information content (AvgIpc) is 2.43. The number of phenols is 1. The van der Waals surface area contributed by atoms with Crippen molar-refractivity contribution in [1.29, 1.82) is 0 Å². The first-order valence-electron chi connectivity index (χ1n) is 6.35. The predicted molar refractivity (Wildman–Crippen MR) is 75.6 cm³/mol. The minimum absolute atomic E-state index is 0.0157. The highest BCUT2D eigenvalue weighted by Gasteiger charge is 2.26. The lowest BCUT2D eigenvalue weighted by Crippen LogP contribution is -2.39. The van der Waals surface area contributed by atoms with Crippen LogP contribution in [0.3, 0.4) is 0 Å². The monoisotopic (exact) mass is 285 g/mol. The number of rotatable bonds is 6. The minimum Gasteiger partial charge on any atom is -0.507 e. The summed E-state index contributed by atoms with van der Waals surface area (Å²) in [6.45, 7) is 4.33. The van der Waals surface area contributed by atoms with E-state index in [0.717, 1.165) is 12.8 Å². The zero-order valence-corrected chi connectivity index (χ0v) is 12.0. The molecule has 1 aromatic rings. The van der Waals surface area contributed by atoms with Gasteiger partial charge in [-0.3, -0.25) is 4.79 Å². The van der Waals surface area contributed by atoms with E-state index in [-0.39, 0.29) is 29.2 Å². The number of benzene rings is 1. The molecule has 19 heavy (non-hydrogen) atoms. The van der Waals surface area contributed by atoms with E-state index in [1.165, 1.54) is 18.2 Å². The van der Waals surface area contributed by atoms with Gasteiger partial charge < -0.3 is 15.5 Å². The molecule has 1 rings (SSSR count). The van der Waals surface area contributed by atoms with E-state index in [9.17, 15) is 15.0 Å². The fourth-order valence-electron chi connectivity index (χ4n) is 1.83. The van der Waals surface area contributed by atoms with Gasteiger partial charge in [-0.2, -0.15) is 0 Å². The van der Waals surface area contributed by atoms with Gasteiger partial charge in [0.1, 0.15) is 5.75 Å². The smallest absolute Gasteiger partial charge is 0.255 e. The molecule has 1 amide bonds. The summed E-state index contributed by atoms with van der Waals surface area (Å²) in [5, 5.41) is 22.2. The van der Waals surface area contributed by atoms with Gasteiger partial charge in [-0.25, -0.2) is 0 Å². The van der Waals surface area contributed by atoms with Gasteiger partial charge in [0.25, 0.3) is 5.91 Å². The molecule has 0 aliphatic rings. The largest absolute Gasteiger partial charge is 0.507 e. The summed E-state index contributed by atoms with van der Waals surface area (Å²) in [5.41, 5.74) is -0.171. The Hall–Kier alpha value is -1.26. The van der Waals surface area contributed by atoms with E-state index < -0.39 is 0 Å². The van der Waals surface area contributed by atoms with Crippen molar-refractivity contribution in [2.24, 2.45) is 5.41 Å². The van der Waals surface area contributed by atoms with Crippen molar-refractivity contribution in [3.63, 3.8) is 0 Å². The molecule has 0 heterocycles. The summed E-state index contributed by atoms with van der Waals surface area (Å²) in [7, 11) is 0. The number of halogens is 1. The highest BCUT2D eigenvalue weighted by molar-refractivity contribution is 6.31. The number of carbonyl (C=O) groups is 1. The third-order valence-electron chi connectivity index (χ3n) is 3.66. The molecule has 106 valence electrons. The Morgan fingerprint density at radius 3 is 2.53 bits per heavy atom. The Labute approximate surface area is 118 Å². The topological polar surface area (TPSA) is 69.6 Å². The molecular formula is C14H20ClNO3. The first-order chi connectivity index (χ1) is 8.98. The molecule has 1 aromatic carbocycles. The maximum absolute atomic E-state index is 12.0. The van der Waals surface area contributed by atoms with Crippen LogP contribution in [0.2, 0.25) is 5.02 Å². The number of nitrogens with one attached hydrogen (secondary N) is 1. The molecule has 0 aromatic heterocycles. The van der Waals surface area contributed by atoms with Crippen molar-refractivity contribution >= 4 is 17.5 Å². The first kappa shape index (κ1) is 15.8. The predicted octanol–water partition coefficient (Wildman–Crippen LogP) is 2.57. The van der Waals surface area contributed by atoms with Gasteiger partial charge >= 0.3 is 0 Å². The molecule has 0 fully saturated rings. The summed E-state index contributed by atoms with van der Waals surface area (Å²) in [4.78, 5) is 12.0. The van der Waals surface area contributed by atoms with E-state index in [0.29, 0.717) is 11.6 Å². The highest BCUT2D eigenvalue weighted by atomic mass is 35.5. The van der Waals surface area contributed by atoms with E-state index in [2.05, 4.69) is 5.32 Å². The standard InChI is InChI=1S/C14H20ClNO3/c1-3-14(4-2,9-17)8-16-13(19)11-7-10(15)5-6-12(11)18/h5-7,17-18H,3-4,8-9H2,1-2H3,(H,16,19). The Bertz CT molecular complexity index is 436. The second kappa shape index (κ2) is 6.78. The van der Waals surface area contributed by atoms with Crippen LogP contribution in [-0.2, 0) is 0 Å². The van der Waals surface area contributed by atoms with Crippen LogP contribution in [0.1, 0.15) is 37.0 Å². The van der Waals surface area contributed by atoms with Gasteiger partial charge in [-0.1, -0.05) is 25.4 Å². The molecule has 0 saturated carbocycles. The van der Waals surface area contributed by atoms with Gasteiger partial charge in [0.15, 0.2) is 0 Å². The summed E-state index contributed by atoms with van der Waals surface area (Å²) in [5.74, 6) is -0.496. The maximum atomic E-state index is 12.0. The van der Waals surface area contributed by atoms with Crippen molar-refractivity contribution in [3.05, 3.63) is 28.8 Å². The zero-order chi connectivity index (χ0) is 14.5. The number of aliphatic hydroxyl groups is 1. The summed E-state index contributed by atoms with van der Waals surface area (Å²) < 4.78 is 0. The lowest BCUT2D eigenvalue weighted by atomic mass is 9.83. The van der Waals surface area contributed by atoms with Gasteiger partial charge in [-0.05, 0) is 31.0 Å². The van der Waals surface area contributed by atoms with Gasteiger partial charge in [0, 0.05) is 17.0 Å². The molecule has 5 heteroatoms. The molecular weight excluding hydrogens is 266 g/mol. The van der Waals surface area contributed by atoms with Gasteiger partial charge in [0.2, 0.25) is 0 Å². The fraction of sp³-hybridized carbons (Fsp3) is 0.500. The van der Waals surface area contributed by atoms with Crippen LogP contribution in [0.25, 0.3) is 0 Å². The summed E-state index contributed by atoms with van der Waals surface area (Å²) in [6.07, 6.45) is 1.53.